The van der Waals surface area contributed by atoms with E-state index >= 15 is 0 Å². The second-order valence-corrected chi connectivity index (χ2v) is 7.95. The fourth-order valence-corrected chi connectivity index (χ4v) is 3.84. The molecule has 29 heavy (non-hydrogen) atoms. The van der Waals surface area contributed by atoms with Crippen LogP contribution in [0.3, 0.4) is 0 Å². The summed E-state index contributed by atoms with van der Waals surface area (Å²) in [6.45, 7) is 4.15. The van der Waals surface area contributed by atoms with E-state index < -0.39 is 0 Å². The lowest BCUT2D eigenvalue weighted by atomic mass is 9.93. The number of aliphatic hydroxyl groups is 1. The molecule has 1 aliphatic carbocycles. The summed E-state index contributed by atoms with van der Waals surface area (Å²) in [5.74, 6) is -0.109. The quantitative estimate of drug-likeness (QED) is 0.703. The predicted molar refractivity (Wildman–Crippen MR) is 114 cm³/mol. The standard InChI is InChI=1S/C24H27N3O2/c1-16-8-9-18(14-17(16)2)23-22(15-27(26-23)20-6-4-3-5-7-20)24(29)25-19-10-12-21(28)13-11-19/h3-9,14-15,19,21,28H,10-13H2,1-2H3,(H,25,29). The number of nitrogens with one attached hydrogen (secondary N) is 1. The van der Waals surface area contributed by atoms with Gasteiger partial charge in [0, 0.05) is 17.8 Å². The maximum atomic E-state index is 13.2. The van der Waals surface area contributed by atoms with Gasteiger partial charge in [0.05, 0.1) is 17.4 Å². The summed E-state index contributed by atoms with van der Waals surface area (Å²) in [5, 5.41) is 17.6. The highest BCUT2D eigenvalue weighted by molar-refractivity contribution is 6.00. The molecule has 2 N–H and O–H groups in total. The van der Waals surface area contributed by atoms with Crippen molar-refractivity contribution in [1.29, 1.82) is 0 Å². The minimum Gasteiger partial charge on any atom is -0.393 e. The molecule has 0 radical (unpaired) electrons. The Morgan fingerprint density at radius 3 is 2.45 bits per heavy atom. The summed E-state index contributed by atoms with van der Waals surface area (Å²) >= 11 is 0. The second kappa shape index (κ2) is 8.21. The Kier molecular flexibility index (Phi) is 5.49. The van der Waals surface area contributed by atoms with Crippen molar-refractivity contribution in [2.45, 2.75) is 51.7 Å². The minimum atomic E-state index is -0.241. The lowest BCUT2D eigenvalue weighted by molar-refractivity contribution is 0.0868. The summed E-state index contributed by atoms with van der Waals surface area (Å²) in [4.78, 5) is 13.2. The van der Waals surface area contributed by atoms with Crippen molar-refractivity contribution in [2.75, 3.05) is 0 Å². The number of carbonyl (C=O) groups is 1. The summed E-state index contributed by atoms with van der Waals surface area (Å²) in [5.41, 5.74) is 5.49. The summed E-state index contributed by atoms with van der Waals surface area (Å²) in [6.07, 6.45) is 4.65. The summed E-state index contributed by atoms with van der Waals surface area (Å²) in [6, 6.07) is 16.1. The van der Waals surface area contributed by atoms with Crippen molar-refractivity contribution >= 4 is 5.91 Å². The van der Waals surface area contributed by atoms with Crippen molar-refractivity contribution in [2.24, 2.45) is 0 Å². The topological polar surface area (TPSA) is 67.2 Å². The summed E-state index contributed by atoms with van der Waals surface area (Å²) in [7, 11) is 0. The molecule has 2 aromatic carbocycles. The monoisotopic (exact) mass is 389 g/mol. The lowest BCUT2D eigenvalue weighted by Crippen LogP contribution is -2.38. The van der Waals surface area contributed by atoms with Crippen molar-refractivity contribution in [3.05, 3.63) is 71.4 Å². The molecule has 0 unspecified atom stereocenters. The molecule has 150 valence electrons. The Labute approximate surface area is 171 Å². The van der Waals surface area contributed by atoms with Gasteiger partial charge in [-0.3, -0.25) is 4.79 Å². The van der Waals surface area contributed by atoms with Gasteiger partial charge in [-0.1, -0.05) is 30.3 Å². The van der Waals surface area contributed by atoms with Gasteiger partial charge in [-0.15, -0.1) is 0 Å². The average molecular weight is 389 g/mol. The molecule has 0 atom stereocenters. The lowest BCUT2D eigenvalue weighted by Gasteiger charge is -2.26. The summed E-state index contributed by atoms with van der Waals surface area (Å²) < 4.78 is 1.77. The van der Waals surface area contributed by atoms with Crippen LogP contribution in [-0.2, 0) is 0 Å². The second-order valence-electron chi connectivity index (χ2n) is 7.95. The Bertz CT molecular complexity index is 1000. The van der Waals surface area contributed by atoms with Crippen LogP contribution < -0.4 is 5.32 Å². The van der Waals surface area contributed by atoms with Gasteiger partial charge < -0.3 is 10.4 Å². The van der Waals surface area contributed by atoms with Crippen LogP contribution in [-0.4, -0.2) is 32.9 Å². The first-order chi connectivity index (χ1) is 14.0. The Morgan fingerprint density at radius 1 is 1.03 bits per heavy atom. The number of rotatable bonds is 4. The molecule has 1 aliphatic rings. The highest BCUT2D eigenvalue weighted by Crippen LogP contribution is 2.27. The molecular formula is C24H27N3O2. The van der Waals surface area contributed by atoms with Crippen LogP contribution in [0.4, 0.5) is 0 Å². The number of aliphatic hydroxyl groups excluding tert-OH is 1. The molecule has 0 spiro atoms. The third kappa shape index (κ3) is 4.25. The third-order valence-electron chi connectivity index (χ3n) is 5.79. The molecule has 0 aliphatic heterocycles. The van der Waals surface area contributed by atoms with Crippen molar-refractivity contribution in [1.82, 2.24) is 15.1 Å². The number of hydrogen-bond acceptors (Lipinski definition) is 3. The Hall–Kier alpha value is -2.92. The largest absolute Gasteiger partial charge is 0.393 e. The molecule has 1 aromatic heterocycles. The number of carbonyl (C=O) groups excluding carboxylic acids is 1. The van der Waals surface area contributed by atoms with Gasteiger partial charge in [-0.05, 0) is 68.9 Å². The smallest absolute Gasteiger partial charge is 0.255 e. The molecule has 0 bridgehead atoms. The molecular weight excluding hydrogens is 362 g/mol. The number of amides is 1. The van der Waals surface area contributed by atoms with E-state index in [1.54, 1.807) is 4.68 Å². The predicted octanol–water partition coefficient (Wildman–Crippen LogP) is 4.19. The zero-order valence-corrected chi connectivity index (χ0v) is 16.9. The van der Waals surface area contributed by atoms with E-state index in [-0.39, 0.29) is 18.1 Å². The van der Waals surface area contributed by atoms with Crippen molar-refractivity contribution in [3.63, 3.8) is 0 Å². The van der Waals surface area contributed by atoms with Gasteiger partial charge in [-0.25, -0.2) is 4.68 Å². The van der Waals surface area contributed by atoms with Crippen LogP contribution >= 0.6 is 0 Å². The van der Waals surface area contributed by atoms with Crippen molar-refractivity contribution < 1.29 is 9.90 Å². The van der Waals surface area contributed by atoms with E-state index in [0.29, 0.717) is 11.3 Å². The number of nitrogens with zero attached hydrogens (tertiary/aromatic N) is 2. The van der Waals surface area contributed by atoms with E-state index in [1.807, 2.05) is 42.6 Å². The van der Waals surface area contributed by atoms with E-state index in [1.165, 1.54) is 11.1 Å². The molecule has 1 fully saturated rings. The average Bonchev–Trinajstić information content (AvgIpc) is 3.18. The van der Waals surface area contributed by atoms with Crippen LogP contribution in [0.15, 0.2) is 54.7 Å². The zero-order chi connectivity index (χ0) is 20.4. The first-order valence-corrected chi connectivity index (χ1v) is 10.2. The molecule has 3 aromatic rings. The van der Waals surface area contributed by atoms with Crippen LogP contribution in [0.2, 0.25) is 0 Å². The van der Waals surface area contributed by atoms with Gasteiger partial charge in [-0.2, -0.15) is 5.10 Å². The molecule has 1 heterocycles. The van der Waals surface area contributed by atoms with Gasteiger partial charge >= 0.3 is 0 Å². The maximum absolute atomic E-state index is 13.2. The maximum Gasteiger partial charge on any atom is 0.255 e. The minimum absolute atomic E-state index is 0.0959. The van der Waals surface area contributed by atoms with Gasteiger partial charge in [0.1, 0.15) is 5.69 Å². The molecule has 5 nitrogen and oxygen atoms in total. The Morgan fingerprint density at radius 2 is 1.76 bits per heavy atom. The molecule has 5 heteroatoms. The van der Waals surface area contributed by atoms with E-state index in [2.05, 4.69) is 31.3 Å². The zero-order valence-electron chi connectivity index (χ0n) is 16.9. The van der Waals surface area contributed by atoms with Crippen LogP contribution in [0, 0.1) is 13.8 Å². The van der Waals surface area contributed by atoms with E-state index in [4.69, 9.17) is 5.10 Å². The number of para-hydroxylation sites is 1. The fraction of sp³-hybridized carbons (Fsp3) is 0.333. The third-order valence-corrected chi connectivity index (χ3v) is 5.79. The van der Waals surface area contributed by atoms with Gasteiger partial charge in [0.2, 0.25) is 0 Å². The van der Waals surface area contributed by atoms with Crippen molar-refractivity contribution in [3.8, 4) is 16.9 Å². The highest BCUT2D eigenvalue weighted by atomic mass is 16.3. The van der Waals surface area contributed by atoms with E-state index in [0.717, 1.165) is 36.9 Å². The van der Waals surface area contributed by atoms with Crippen LogP contribution in [0.25, 0.3) is 16.9 Å². The fourth-order valence-electron chi connectivity index (χ4n) is 3.84. The van der Waals surface area contributed by atoms with E-state index in [9.17, 15) is 9.90 Å². The van der Waals surface area contributed by atoms with Gasteiger partial charge in [0.15, 0.2) is 0 Å². The number of benzene rings is 2. The number of aryl methyl sites for hydroxylation is 2. The molecule has 4 rings (SSSR count). The Balaban J connectivity index is 1.69. The SMILES string of the molecule is Cc1ccc(-c2nn(-c3ccccc3)cc2C(=O)NC2CCC(O)CC2)cc1C. The number of aromatic nitrogens is 2. The molecule has 1 saturated carbocycles. The van der Waals surface area contributed by atoms with Crippen LogP contribution in [0.1, 0.15) is 47.2 Å². The molecule has 1 amide bonds. The van der Waals surface area contributed by atoms with Crippen LogP contribution in [0.5, 0.6) is 0 Å². The normalized spacial score (nSPS) is 19.1. The highest BCUT2D eigenvalue weighted by Gasteiger charge is 2.24. The number of hydrogen-bond donors (Lipinski definition) is 2. The first-order valence-electron chi connectivity index (χ1n) is 10.2. The van der Waals surface area contributed by atoms with Gasteiger partial charge in [0.25, 0.3) is 5.91 Å². The molecule has 0 saturated heterocycles. The first kappa shape index (κ1) is 19.4.